The van der Waals surface area contributed by atoms with E-state index in [2.05, 4.69) is 36.3 Å². The highest BCUT2D eigenvalue weighted by Gasteiger charge is 2.61. The first-order valence-electron chi connectivity index (χ1n) is 9.61. The number of hydrogen-bond donors (Lipinski definition) is 2. The fourth-order valence-electron chi connectivity index (χ4n) is 4.99. The predicted molar refractivity (Wildman–Crippen MR) is 107 cm³/mol. The van der Waals surface area contributed by atoms with Gasteiger partial charge in [-0.05, 0) is 48.1 Å². The van der Waals surface area contributed by atoms with Crippen LogP contribution in [0.5, 0.6) is 0 Å². The minimum Gasteiger partial charge on any atom is -0.352 e. The first kappa shape index (κ1) is 19.2. The van der Waals surface area contributed by atoms with E-state index in [1.54, 1.807) is 18.2 Å². The second-order valence-electron chi connectivity index (χ2n) is 8.68. The van der Waals surface area contributed by atoms with E-state index in [4.69, 9.17) is 5.84 Å². The molecular weight excluding hydrogens is 377 g/mol. The summed E-state index contributed by atoms with van der Waals surface area (Å²) < 4.78 is 15.2. The second-order valence-corrected chi connectivity index (χ2v) is 9.62. The van der Waals surface area contributed by atoms with Crippen molar-refractivity contribution in [1.29, 1.82) is 0 Å². The molecule has 2 aliphatic carbocycles. The van der Waals surface area contributed by atoms with Crippen LogP contribution in [0.1, 0.15) is 40.0 Å². The van der Waals surface area contributed by atoms with Crippen molar-refractivity contribution in [3.8, 4) is 11.4 Å². The molecule has 4 rings (SSSR count). The van der Waals surface area contributed by atoms with Crippen molar-refractivity contribution in [2.45, 2.75) is 51.2 Å². The summed E-state index contributed by atoms with van der Waals surface area (Å²) in [6, 6.07) is 6.47. The number of fused-ring (bicyclic) bond motifs is 2. The predicted octanol–water partition coefficient (Wildman–Crippen LogP) is 3.22. The van der Waals surface area contributed by atoms with Gasteiger partial charge in [-0.2, -0.15) is 0 Å². The van der Waals surface area contributed by atoms with Gasteiger partial charge in [0.25, 0.3) is 0 Å². The molecule has 2 aliphatic rings. The van der Waals surface area contributed by atoms with E-state index >= 15 is 0 Å². The van der Waals surface area contributed by atoms with Crippen LogP contribution in [-0.2, 0) is 4.79 Å². The topological polar surface area (TPSA) is 85.8 Å². The van der Waals surface area contributed by atoms with Crippen molar-refractivity contribution < 1.29 is 9.18 Å². The molecule has 3 unspecified atom stereocenters. The lowest BCUT2D eigenvalue weighted by molar-refractivity contribution is -0.120. The second kappa shape index (κ2) is 6.76. The molecule has 0 saturated heterocycles. The van der Waals surface area contributed by atoms with Crippen LogP contribution in [-0.4, -0.2) is 32.6 Å². The van der Waals surface area contributed by atoms with Crippen molar-refractivity contribution >= 4 is 17.7 Å². The highest BCUT2D eigenvalue weighted by molar-refractivity contribution is 7.99. The molecule has 0 aliphatic heterocycles. The van der Waals surface area contributed by atoms with Gasteiger partial charge in [0, 0.05) is 6.04 Å². The van der Waals surface area contributed by atoms with Gasteiger partial charge < -0.3 is 11.2 Å². The van der Waals surface area contributed by atoms with Gasteiger partial charge in [0.05, 0.1) is 11.3 Å². The summed E-state index contributed by atoms with van der Waals surface area (Å²) in [5, 5.41) is 11.6. The number of halogens is 1. The van der Waals surface area contributed by atoms with Gasteiger partial charge in [0.1, 0.15) is 5.82 Å². The monoisotopic (exact) mass is 403 g/mol. The van der Waals surface area contributed by atoms with Gasteiger partial charge in [0.2, 0.25) is 11.1 Å². The van der Waals surface area contributed by atoms with Crippen LogP contribution in [0, 0.1) is 22.6 Å². The van der Waals surface area contributed by atoms with E-state index in [1.807, 2.05) is 0 Å². The van der Waals surface area contributed by atoms with E-state index in [0.29, 0.717) is 11.1 Å². The molecule has 8 heteroatoms. The Bertz CT molecular complexity index is 914. The van der Waals surface area contributed by atoms with Crippen molar-refractivity contribution in [2.75, 3.05) is 11.6 Å². The lowest BCUT2D eigenvalue weighted by Gasteiger charge is -2.39. The van der Waals surface area contributed by atoms with Crippen molar-refractivity contribution in [2.24, 2.45) is 16.7 Å². The maximum Gasteiger partial charge on any atom is 0.230 e. The molecule has 1 aromatic carbocycles. The van der Waals surface area contributed by atoms with Crippen LogP contribution in [0.2, 0.25) is 0 Å². The van der Waals surface area contributed by atoms with E-state index < -0.39 is 5.82 Å². The molecule has 1 amide bonds. The summed E-state index contributed by atoms with van der Waals surface area (Å²) in [6.07, 6.45) is 3.45. The third-order valence-electron chi connectivity index (χ3n) is 7.24. The van der Waals surface area contributed by atoms with Crippen LogP contribution in [0.4, 0.5) is 4.39 Å². The fourth-order valence-corrected chi connectivity index (χ4v) is 5.66. The average Bonchev–Trinajstić information content (AvgIpc) is 3.18. The Balaban J connectivity index is 1.40. The number of rotatable bonds is 5. The number of hydrogen-bond acceptors (Lipinski definition) is 5. The Morgan fingerprint density at radius 3 is 2.75 bits per heavy atom. The zero-order chi connectivity index (χ0) is 20.1. The van der Waals surface area contributed by atoms with Gasteiger partial charge in [-0.15, -0.1) is 10.2 Å². The Morgan fingerprint density at radius 1 is 1.36 bits per heavy atom. The summed E-state index contributed by atoms with van der Waals surface area (Å²) in [5.74, 6) is 6.70. The zero-order valence-electron chi connectivity index (χ0n) is 16.4. The molecule has 150 valence electrons. The molecule has 2 fully saturated rings. The molecule has 2 bridgehead atoms. The molecule has 28 heavy (non-hydrogen) atoms. The third-order valence-corrected chi connectivity index (χ3v) is 8.18. The number of thioether (sulfide) groups is 1. The lowest BCUT2D eigenvalue weighted by atomic mass is 9.69. The van der Waals surface area contributed by atoms with E-state index in [-0.39, 0.29) is 39.9 Å². The molecule has 0 spiro atoms. The van der Waals surface area contributed by atoms with Gasteiger partial charge in [-0.25, -0.2) is 9.07 Å². The zero-order valence-corrected chi connectivity index (χ0v) is 17.2. The molecular formula is C20H26FN5OS. The first-order valence-corrected chi connectivity index (χ1v) is 10.6. The highest BCUT2D eigenvalue weighted by Crippen LogP contribution is 2.65. The number of amides is 1. The average molecular weight is 404 g/mol. The molecule has 1 aromatic heterocycles. The molecule has 6 nitrogen and oxygen atoms in total. The Kier molecular flexibility index (Phi) is 4.64. The van der Waals surface area contributed by atoms with Crippen LogP contribution in [0.3, 0.4) is 0 Å². The maximum absolute atomic E-state index is 14.0. The van der Waals surface area contributed by atoms with E-state index in [1.165, 1.54) is 28.9 Å². The van der Waals surface area contributed by atoms with Crippen LogP contribution in [0.15, 0.2) is 29.4 Å². The highest BCUT2D eigenvalue weighted by atomic mass is 32.2. The van der Waals surface area contributed by atoms with Gasteiger partial charge >= 0.3 is 0 Å². The molecule has 0 radical (unpaired) electrons. The summed E-state index contributed by atoms with van der Waals surface area (Å²) in [4.78, 5) is 12.6. The Labute approximate surface area is 168 Å². The van der Waals surface area contributed by atoms with E-state index in [9.17, 15) is 9.18 Å². The normalized spacial score (nSPS) is 27.9. The quantitative estimate of drug-likeness (QED) is 0.591. The molecule has 2 aromatic rings. The molecule has 1 heterocycles. The van der Waals surface area contributed by atoms with Gasteiger partial charge in [0.15, 0.2) is 5.82 Å². The molecule has 3 atom stereocenters. The van der Waals surface area contributed by atoms with Gasteiger partial charge in [-0.3, -0.25) is 4.79 Å². The van der Waals surface area contributed by atoms with Crippen LogP contribution in [0.25, 0.3) is 11.4 Å². The maximum atomic E-state index is 14.0. The molecule has 3 N–H and O–H groups in total. The summed E-state index contributed by atoms with van der Waals surface area (Å²) in [7, 11) is 0. The standard InChI is InChI=1S/C20H26FN5OS/c1-19(2)12-8-9-20(19,3)15(10-12)23-16(27)11-28-18-25-24-17(26(18)22)13-6-4-5-7-14(13)21/h4-7,12,15H,8-11,22H2,1-3H3,(H,23,27). The smallest absolute Gasteiger partial charge is 0.230 e. The van der Waals surface area contributed by atoms with Crippen molar-refractivity contribution in [1.82, 2.24) is 20.2 Å². The molecule has 2 saturated carbocycles. The summed E-state index contributed by atoms with van der Waals surface area (Å²) >= 11 is 1.21. The third kappa shape index (κ3) is 2.89. The summed E-state index contributed by atoms with van der Waals surface area (Å²) in [5.41, 5.74) is 0.680. The fraction of sp³-hybridized carbons (Fsp3) is 0.550. The SMILES string of the molecule is CC1(C)C2CCC1(C)C(NC(=O)CSc1nnc(-c3ccccc3F)n1N)C2. The summed E-state index contributed by atoms with van der Waals surface area (Å²) in [6.45, 7) is 6.95. The number of nitrogen functional groups attached to an aromatic ring is 1. The number of aromatic nitrogens is 3. The Morgan fingerprint density at radius 2 is 2.11 bits per heavy atom. The number of carbonyl (C=O) groups is 1. The minimum atomic E-state index is -0.414. The van der Waals surface area contributed by atoms with E-state index in [0.717, 1.165) is 12.8 Å². The van der Waals surface area contributed by atoms with Gasteiger partial charge in [-0.1, -0.05) is 44.7 Å². The number of nitrogens with two attached hydrogens (primary N) is 1. The van der Waals surface area contributed by atoms with Crippen LogP contribution >= 0.6 is 11.8 Å². The number of benzene rings is 1. The first-order chi connectivity index (χ1) is 13.2. The van der Waals surface area contributed by atoms with Crippen molar-refractivity contribution in [3.63, 3.8) is 0 Å². The van der Waals surface area contributed by atoms with Crippen LogP contribution < -0.4 is 11.2 Å². The lowest BCUT2D eigenvalue weighted by Crippen LogP contribution is -2.47. The van der Waals surface area contributed by atoms with Crippen molar-refractivity contribution in [3.05, 3.63) is 30.1 Å². The Hall–Kier alpha value is -2.09. The minimum absolute atomic E-state index is 0.0324. The number of carbonyl (C=O) groups excluding carboxylic acids is 1. The number of nitrogens with one attached hydrogen (secondary N) is 1. The number of nitrogens with zero attached hydrogens (tertiary/aromatic N) is 3. The largest absolute Gasteiger partial charge is 0.352 e.